The fraction of sp³-hybridized carbons (Fsp3) is 0.200. The Morgan fingerprint density at radius 2 is 1.74 bits per heavy atom. The molecule has 0 saturated carbocycles. The van der Waals surface area contributed by atoms with Gasteiger partial charge in [-0.2, -0.15) is 0 Å². The van der Waals surface area contributed by atoms with E-state index in [1.54, 1.807) is 18.2 Å². The molecule has 1 unspecified atom stereocenters. The number of nitrogens with one attached hydrogen (secondary N) is 1. The lowest BCUT2D eigenvalue weighted by atomic mass is 10.1. The lowest BCUT2D eigenvalue weighted by Gasteiger charge is -2.14. The number of hydrogen-bond donors (Lipinski definition) is 1. The van der Waals surface area contributed by atoms with E-state index in [9.17, 15) is 4.39 Å². The first-order valence-electron chi connectivity index (χ1n) is 6.00. The van der Waals surface area contributed by atoms with Crippen molar-refractivity contribution in [2.24, 2.45) is 0 Å². The quantitative estimate of drug-likeness (QED) is 0.886. The van der Waals surface area contributed by atoms with Crippen LogP contribution >= 0.6 is 11.6 Å². The molecule has 19 heavy (non-hydrogen) atoms. The number of hydrogen-bond acceptors (Lipinski definition) is 2. The Hall–Kier alpha value is -1.58. The van der Waals surface area contributed by atoms with E-state index in [0.717, 1.165) is 5.56 Å². The third kappa shape index (κ3) is 3.46. The van der Waals surface area contributed by atoms with Crippen LogP contribution in [0.5, 0.6) is 11.5 Å². The molecule has 0 bridgehead atoms. The highest BCUT2D eigenvalue weighted by atomic mass is 35.5. The van der Waals surface area contributed by atoms with Gasteiger partial charge in [0.25, 0.3) is 0 Å². The monoisotopic (exact) mass is 279 g/mol. The van der Waals surface area contributed by atoms with Crippen molar-refractivity contribution in [2.45, 2.75) is 13.0 Å². The Morgan fingerprint density at radius 1 is 1.11 bits per heavy atom. The lowest BCUT2D eigenvalue weighted by Crippen LogP contribution is -2.12. The van der Waals surface area contributed by atoms with Gasteiger partial charge in [0.05, 0.1) is 0 Å². The zero-order chi connectivity index (χ0) is 13.8. The van der Waals surface area contributed by atoms with Gasteiger partial charge in [-0.05, 0) is 55.9 Å². The Kier molecular flexibility index (Phi) is 4.40. The van der Waals surface area contributed by atoms with E-state index in [4.69, 9.17) is 16.3 Å². The minimum Gasteiger partial charge on any atom is -0.457 e. The van der Waals surface area contributed by atoms with Crippen LogP contribution in [0.15, 0.2) is 42.5 Å². The van der Waals surface area contributed by atoms with E-state index >= 15 is 0 Å². The zero-order valence-electron chi connectivity index (χ0n) is 10.8. The van der Waals surface area contributed by atoms with Gasteiger partial charge in [-0.1, -0.05) is 17.7 Å². The Labute approximate surface area is 117 Å². The standard InChI is InChI=1S/C15H15ClFNO/c1-10(18-2)14-8-7-13(9-15(14)16)19-12-5-3-11(17)4-6-12/h3-10,18H,1-2H3. The summed E-state index contributed by atoms with van der Waals surface area (Å²) in [7, 11) is 1.88. The summed E-state index contributed by atoms with van der Waals surface area (Å²) < 4.78 is 18.4. The summed E-state index contributed by atoms with van der Waals surface area (Å²) in [6.45, 7) is 2.03. The fourth-order valence-electron chi connectivity index (χ4n) is 1.72. The molecular weight excluding hydrogens is 265 g/mol. The first-order valence-corrected chi connectivity index (χ1v) is 6.38. The summed E-state index contributed by atoms with van der Waals surface area (Å²) in [4.78, 5) is 0. The van der Waals surface area contributed by atoms with Crippen molar-refractivity contribution < 1.29 is 9.13 Å². The molecule has 2 aromatic carbocycles. The number of halogens is 2. The van der Waals surface area contributed by atoms with Crippen molar-refractivity contribution in [3.8, 4) is 11.5 Å². The summed E-state index contributed by atoms with van der Waals surface area (Å²) in [6, 6.07) is 11.6. The molecule has 0 fully saturated rings. The van der Waals surface area contributed by atoms with Crippen molar-refractivity contribution in [1.82, 2.24) is 5.32 Å². The minimum atomic E-state index is -0.288. The molecule has 1 N–H and O–H groups in total. The van der Waals surface area contributed by atoms with E-state index in [-0.39, 0.29) is 11.9 Å². The number of rotatable bonds is 4. The number of ether oxygens (including phenoxy) is 1. The summed E-state index contributed by atoms with van der Waals surface area (Å²) in [5.74, 6) is 0.916. The minimum absolute atomic E-state index is 0.173. The maximum absolute atomic E-state index is 12.8. The van der Waals surface area contributed by atoms with Gasteiger partial charge >= 0.3 is 0 Å². The molecule has 2 aromatic rings. The molecule has 2 rings (SSSR count). The molecule has 100 valence electrons. The van der Waals surface area contributed by atoms with Gasteiger partial charge in [-0.15, -0.1) is 0 Å². The predicted molar refractivity (Wildman–Crippen MR) is 75.4 cm³/mol. The first kappa shape index (κ1) is 13.8. The van der Waals surface area contributed by atoms with Crippen molar-refractivity contribution >= 4 is 11.6 Å². The third-order valence-electron chi connectivity index (χ3n) is 2.92. The summed E-state index contributed by atoms with van der Waals surface area (Å²) in [5, 5.41) is 3.77. The van der Waals surface area contributed by atoms with Crippen LogP contribution < -0.4 is 10.1 Å². The van der Waals surface area contributed by atoms with Crippen molar-refractivity contribution in [2.75, 3.05) is 7.05 Å². The van der Waals surface area contributed by atoms with Crippen LogP contribution in [0.2, 0.25) is 5.02 Å². The van der Waals surface area contributed by atoms with Crippen molar-refractivity contribution in [1.29, 1.82) is 0 Å². The summed E-state index contributed by atoms with van der Waals surface area (Å²) in [6.07, 6.45) is 0. The molecule has 0 aliphatic carbocycles. The van der Waals surface area contributed by atoms with E-state index in [1.807, 2.05) is 26.1 Å². The van der Waals surface area contributed by atoms with Crippen LogP contribution in [0.25, 0.3) is 0 Å². The van der Waals surface area contributed by atoms with Crippen molar-refractivity contribution in [3.05, 3.63) is 58.9 Å². The molecule has 0 heterocycles. The van der Waals surface area contributed by atoms with E-state index < -0.39 is 0 Å². The fourth-order valence-corrected chi connectivity index (χ4v) is 2.05. The first-order chi connectivity index (χ1) is 9.10. The van der Waals surface area contributed by atoms with Gasteiger partial charge in [0.1, 0.15) is 17.3 Å². The van der Waals surface area contributed by atoms with Crippen LogP contribution in [0.1, 0.15) is 18.5 Å². The van der Waals surface area contributed by atoms with Gasteiger partial charge in [0.15, 0.2) is 0 Å². The molecule has 4 heteroatoms. The summed E-state index contributed by atoms with van der Waals surface area (Å²) in [5.41, 5.74) is 1.01. The van der Waals surface area contributed by atoms with Crippen molar-refractivity contribution in [3.63, 3.8) is 0 Å². The highest BCUT2D eigenvalue weighted by molar-refractivity contribution is 6.31. The molecule has 0 aliphatic rings. The molecule has 0 radical (unpaired) electrons. The molecule has 0 saturated heterocycles. The van der Waals surface area contributed by atoms with Gasteiger partial charge < -0.3 is 10.1 Å². The largest absolute Gasteiger partial charge is 0.457 e. The maximum Gasteiger partial charge on any atom is 0.128 e. The van der Waals surface area contributed by atoms with E-state index in [2.05, 4.69) is 5.32 Å². The van der Waals surface area contributed by atoms with Crippen LogP contribution in [-0.4, -0.2) is 7.05 Å². The van der Waals surface area contributed by atoms with Gasteiger partial charge in [-0.3, -0.25) is 0 Å². The molecule has 0 aliphatic heterocycles. The second-order valence-electron chi connectivity index (χ2n) is 4.25. The maximum atomic E-state index is 12.8. The predicted octanol–water partition coefficient (Wildman–Crippen LogP) is 4.55. The van der Waals surface area contributed by atoms with Crippen LogP contribution in [0, 0.1) is 5.82 Å². The Bertz CT molecular complexity index is 557. The highest BCUT2D eigenvalue weighted by Gasteiger charge is 2.09. The normalized spacial score (nSPS) is 12.2. The molecule has 0 spiro atoms. The van der Waals surface area contributed by atoms with Gasteiger partial charge in [0, 0.05) is 11.1 Å². The molecule has 2 nitrogen and oxygen atoms in total. The van der Waals surface area contributed by atoms with E-state index in [1.165, 1.54) is 12.1 Å². The SMILES string of the molecule is CNC(C)c1ccc(Oc2ccc(F)cc2)cc1Cl. The highest BCUT2D eigenvalue weighted by Crippen LogP contribution is 2.29. The third-order valence-corrected chi connectivity index (χ3v) is 3.25. The molecule has 1 atom stereocenters. The molecule has 0 amide bonds. The topological polar surface area (TPSA) is 21.3 Å². The van der Waals surface area contributed by atoms with Gasteiger partial charge in [-0.25, -0.2) is 4.39 Å². The van der Waals surface area contributed by atoms with Gasteiger partial charge in [0.2, 0.25) is 0 Å². The lowest BCUT2D eigenvalue weighted by molar-refractivity contribution is 0.480. The average Bonchev–Trinajstić information content (AvgIpc) is 2.41. The number of benzene rings is 2. The Balaban J connectivity index is 2.18. The van der Waals surface area contributed by atoms with Crippen LogP contribution in [0.4, 0.5) is 4.39 Å². The summed E-state index contributed by atoms with van der Waals surface area (Å²) >= 11 is 6.21. The van der Waals surface area contributed by atoms with E-state index in [0.29, 0.717) is 16.5 Å². The second kappa shape index (κ2) is 6.04. The van der Waals surface area contributed by atoms with Crippen LogP contribution in [-0.2, 0) is 0 Å². The second-order valence-corrected chi connectivity index (χ2v) is 4.66. The van der Waals surface area contributed by atoms with Crippen LogP contribution in [0.3, 0.4) is 0 Å². The zero-order valence-corrected chi connectivity index (χ0v) is 11.5. The molecule has 0 aromatic heterocycles. The molecular formula is C15H15ClFNO. The Morgan fingerprint density at radius 3 is 2.32 bits per heavy atom. The smallest absolute Gasteiger partial charge is 0.128 e. The average molecular weight is 280 g/mol.